The lowest BCUT2D eigenvalue weighted by molar-refractivity contribution is 0.797. The van der Waals surface area contributed by atoms with Crippen molar-refractivity contribution in [1.29, 1.82) is 0 Å². The minimum absolute atomic E-state index is 0.461. The number of rotatable bonds is 3. The maximum Gasteiger partial charge on any atom is 0.134 e. The van der Waals surface area contributed by atoms with Crippen molar-refractivity contribution < 1.29 is 0 Å². The number of pyridine rings is 1. The zero-order valence-corrected chi connectivity index (χ0v) is 13.8. The zero-order chi connectivity index (χ0) is 17.2. The van der Waals surface area contributed by atoms with E-state index in [-0.39, 0.29) is 0 Å². The first-order valence-electron chi connectivity index (χ1n) is 8.00. The van der Waals surface area contributed by atoms with Crippen LogP contribution in [0.25, 0.3) is 10.9 Å². The number of aromatic nitrogens is 3. The van der Waals surface area contributed by atoms with Crippen molar-refractivity contribution in [1.82, 2.24) is 14.8 Å². The van der Waals surface area contributed by atoms with Gasteiger partial charge in [-0.3, -0.25) is 4.68 Å². The molecule has 25 heavy (non-hydrogen) atoms. The van der Waals surface area contributed by atoms with Crippen molar-refractivity contribution in [2.75, 3.05) is 5.73 Å². The fourth-order valence-corrected chi connectivity index (χ4v) is 2.88. The van der Waals surface area contributed by atoms with E-state index >= 15 is 0 Å². The number of nitrogen functional groups attached to an aromatic ring is 1. The molecule has 0 radical (unpaired) electrons. The van der Waals surface area contributed by atoms with Gasteiger partial charge < -0.3 is 5.73 Å². The molecule has 4 aromatic rings. The van der Waals surface area contributed by atoms with Crippen LogP contribution in [-0.2, 0) is 7.05 Å². The molecule has 5 heteroatoms. The number of benzene rings is 2. The highest BCUT2D eigenvalue weighted by Crippen LogP contribution is 2.29. The van der Waals surface area contributed by atoms with Gasteiger partial charge in [0.1, 0.15) is 11.5 Å². The third-order valence-electron chi connectivity index (χ3n) is 4.11. The molecule has 4 rings (SSSR count). The first-order valence-corrected chi connectivity index (χ1v) is 8.00. The third kappa shape index (κ3) is 2.76. The molecule has 0 spiro atoms. The van der Waals surface area contributed by atoms with Crippen molar-refractivity contribution in [3.63, 3.8) is 0 Å². The number of nitrogens with two attached hydrogens (primary N) is 1. The van der Waals surface area contributed by atoms with E-state index in [9.17, 15) is 0 Å². The molecule has 0 unspecified atom stereocenters. The van der Waals surface area contributed by atoms with E-state index < -0.39 is 0 Å². The fourth-order valence-electron chi connectivity index (χ4n) is 2.88. The Morgan fingerprint density at radius 3 is 2.12 bits per heavy atom. The van der Waals surface area contributed by atoms with Crippen LogP contribution in [0.4, 0.5) is 11.5 Å². The molecule has 2 aromatic carbocycles. The van der Waals surface area contributed by atoms with E-state index in [1.807, 2.05) is 43.4 Å². The van der Waals surface area contributed by atoms with Gasteiger partial charge in [0, 0.05) is 18.2 Å². The summed E-state index contributed by atoms with van der Waals surface area (Å²) >= 11 is 0. The Balaban J connectivity index is 1.98. The van der Waals surface area contributed by atoms with Gasteiger partial charge >= 0.3 is 0 Å². The van der Waals surface area contributed by atoms with Gasteiger partial charge in [0.25, 0.3) is 0 Å². The predicted molar refractivity (Wildman–Crippen MR) is 101 cm³/mol. The SMILES string of the molecule is Cn1ncc2c(N)ncc(N=C(c3ccccc3)c3ccccc3)c21. The lowest BCUT2D eigenvalue weighted by Gasteiger charge is -2.09. The monoisotopic (exact) mass is 327 g/mol. The molecule has 0 aliphatic carbocycles. The van der Waals surface area contributed by atoms with Crippen molar-refractivity contribution in [2.45, 2.75) is 0 Å². The summed E-state index contributed by atoms with van der Waals surface area (Å²) in [7, 11) is 1.88. The average molecular weight is 327 g/mol. The quantitative estimate of drug-likeness (QED) is 0.583. The second-order valence-corrected chi connectivity index (χ2v) is 5.75. The number of hydrogen-bond donors (Lipinski definition) is 1. The summed E-state index contributed by atoms with van der Waals surface area (Å²) in [4.78, 5) is 9.22. The molecular formula is C20H17N5. The molecule has 122 valence electrons. The second kappa shape index (κ2) is 6.20. The first-order chi connectivity index (χ1) is 12.2. The first kappa shape index (κ1) is 15.1. The summed E-state index contributed by atoms with van der Waals surface area (Å²) in [6.07, 6.45) is 3.42. The molecular weight excluding hydrogens is 310 g/mol. The normalized spacial score (nSPS) is 10.8. The largest absolute Gasteiger partial charge is 0.383 e. The number of hydrogen-bond acceptors (Lipinski definition) is 4. The summed E-state index contributed by atoms with van der Waals surface area (Å²) in [6, 6.07) is 20.2. The maximum atomic E-state index is 5.98. The van der Waals surface area contributed by atoms with Gasteiger partial charge in [-0.25, -0.2) is 9.98 Å². The van der Waals surface area contributed by atoms with E-state index in [1.165, 1.54) is 0 Å². The van der Waals surface area contributed by atoms with Gasteiger partial charge in [-0.05, 0) is 0 Å². The Morgan fingerprint density at radius 2 is 1.52 bits per heavy atom. The number of aliphatic imine (C=N–C) groups is 1. The summed E-state index contributed by atoms with van der Waals surface area (Å²) in [5.41, 5.74) is 10.6. The fraction of sp³-hybridized carbons (Fsp3) is 0.0500. The minimum Gasteiger partial charge on any atom is -0.383 e. The molecule has 2 aromatic heterocycles. The van der Waals surface area contributed by atoms with Gasteiger partial charge in [0.05, 0.1) is 29.0 Å². The van der Waals surface area contributed by atoms with E-state index in [0.29, 0.717) is 5.82 Å². The van der Waals surface area contributed by atoms with E-state index in [1.54, 1.807) is 17.1 Å². The Labute approximate surface area is 145 Å². The van der Waals surface area contributed by atoms with E-state index in [4.69, 9.17) is 10.7 Å². The summed E-state index contributed by atoms with van der Waals surface area (Å²) < 4.78 is 1.78. The summed E-state index contributed by atoms with van der Waals surface area (Å²) in [6.45, 7) is 0. The molecule has 0 aliphatic heterocycles. The van der Waals surface area contributed by atoms with Crippen LogP contribution in [0.15, 0.2) is 78.0 Å². The highest BCUT2D eigenvalue weighted by Gasteiger charge is 2.12. The van der Waals surface area contributed by atoms with Gasteiger partial charge in [-0.1, -0.05) is 60.7 Å². The molecule has 0 fully saturated rings. The number of aryl methyl sites for hydroxylation is 1. The van der Waals surface area contributed by atoms with Crippen LogP contribution < -0.4 is 5.73 Å². The van der Waals surface area contributed by atoms with Crippen LogP contribution in [0, 0.1) is 0 Å². The van der Waals surface area contributed by atoms with Crippen molar-refractivity contribution >= 4 is 28.1 Å². The third-order valence-corrected chi connectivity index (χ3v) is 4.11. The molecule has 0 atom stereocenters. The molecule has 2 heterocycles. The van der Waals surface area contributed by atoms with Gasteiger partial charge in [-0.2, -0.15) is 5.10 Å². The lowest BCUT2D eigenvalue weighted by atomic mass is 10.0. The van der Waals surface area contributed by atoms with Crippen molar-refractivity contribution in [2.24, 2.45) is 12.0 Å². The smallest absolute Gasteiger partial charge is 0.134 e. The van der Waals surface area contributed by atoms with E-state index in [2.05, 4.69) is 34.3 Å². The topological polar surface area (TPSA) is 69.1 Å². The van der Waals surface area contributed by atoms with Gasteiger partial charge in [0.15, 0.2) is 0 Å². The molecule has 5 nitrogen and oxygen atoms in total. The average Bonchev–Trinajstić information content (AvgIpc) is 3.06. The number of fused-ring (bicyclic) bond motifs is 1. The Kier molecular flexibility index (Phi) is 3.74. The summed E-state index contributed by atoms with van der Waals surface area (Å²) in [5.74, 6) is 0.461. The Hall–Kier alpha value is -3.47. The predicted octanol–water partition coefficient (Wildman–Crippen LogP) is 3.72. The van der Waals surface area contributed by atoms with Crippen LogP contribution in [0.5, 0.6) is 0 Å². The lowest BCUT2D eigenvalue weighted by Crippen LogP contribution is -2.03. The zero-order valence-electron chi connectivity index (χ0n) is 13.8. The molecule has 2 N–H and O–H groups in total. The van der Waals surface area contributed by atoms with E-state index in [0.717, 1.165) is 33.4 Å². The number of anilines is 1. The Morgan fingerprint density at radius 1 is 0.920 bits per heavy atom. The van der Waals surface area contributed by atoms with Crippen LogP contribution in [0.1, 0.15) is 11.1 Å². The van der Waals surface area contributed by atoms with Crippen LogP contribution in [-0.4, -0.2) is 20.5 Å². The van der Waals surface area contributed by atoms with Crippen LogP contribution >= 0.6 is 0 Å². The molecule has 0 bridgehead atoms. The van der Waals surface area contributed by atoms with Gasteiger partial charge in [0.2, 0.25) is 0 Å². The maximum absolute atomic E-state index is 5.98. The Bertz CT molecular complexity index is 1010. The standard InChI is InChI=1S/C20H17N5/c1-25-19-16(12-23-25)20(21)22-13-17(19)24-18(14-8-4-2-5-9-14)15-10-6-3-7-11-15/h2-13H,1H3,(H2,21,22). The minimum atomic E-state index is 0.461. The highest BCUT2D eigenvalue weighted by atomic mass is 15.3. The second-order valence-electron chi connectivity index (χ2n) is 5.75. The molecule has 0 saturated carbocycles. The van der Waals surface area contributed by atoms with Crippen molar-refractivity contribution in [3.05, 3.63) is 84.2 Å². The molecule has 0 saturated heterocycles. The number of nitrogens with zero attached hydrogens (tertiary/aromatic N) is 4. The van der Waals surface area contributed by atoms with Crippen molar-refractivity contribution in [3.8, 4) is 0 Å². The summed E-state index contributed by atoms with van der Waals surface area (Å²) in [5, 5.41) is 5.11. The van der Waals surface area contributed by atoms with Crippen LogP contribution in [0.2, 0.25) is 0 Å². The molecule has 0 aliphatic rings. The van der Waals surface area contributed by atoms with Crippen LogP contribution in [0.3, 0.4) is 0 Å². The highest BCUT2D eigenvalue weighted by molar-refractivity contribution is 6.15. The molecule has 0 amide bonds. The van der Waals surface area contributed by atoms with Gasteiger partial charge in [-0.15, -0.1) is 0 Å².